The summed E-state index contributed by atoms with van der Waals surface area (Å²) in [6.45, 7) is 5.17. The summed E-state index contributed by atoms with van der Waals surface area (Å²) in [7, 11) is 0. The van der Waals surface area contributed by atoms with Gasteiger partial charge >= 0.3 is 12.2 Å². The number of likely N-dealkylation sites (tertiary alicyclic amines) is 1. The fraction of sp³-hybridized carbons (Fsp3) is 0.556. The third kappa shape index (κ3) is 5.92. The van der Waals surface area contributed by atoms with Crippen LogP contribution in [0.1, 0.15) is 26.3 Å². The second kappa shape index (κ2) is 8.18. The zero-order valence-electron chi connectivity index (χ0n) is 14.8. The molecular weight excluding hydrogens is 327 g/mol. The Bertz CT molecular complexity index is 588. The van der Waals surface area contributed by atoms with E-state index >= 15 is 0 Å². The molecule has 1 fully saturated rings. The molecular formula is C18H25FN2O4. The molecule has 0 unspecified atom stereocenters. The molecule has 0 aromatic heterocycles. The van der Waals surface area contributed by atoms with Crippen molar-refractivity contribution < 1.29 is 23.5 Å². The summed E-state index contributed by atoms with van der Waals surface area (Å²) in [5.41, 5.74) is 0.239. The summed E-state index contributed by atoms with van der Waals surface area (Å²) >= 11 is 0. The molecule has 138 valence electrons. The van der Waals surface area contributed by atoms with Gasteiger partial charge in [0.15, 0.2) is 0 Å². The molecule has 2 rings (SSSR count). The molecule has 25 heavy (non-hydrogen) atoms. The van der Waals surface area contributed by atoms with Gasteiger partial charge in [-0.1, -0.05) is 30.3 Å². The van der Waals surface area contributed by atoms with Gasteiger partial charge in [0, 0.05) is 19.0 Å². The lowest BCUT2D eigenvalue weighted by molar-refractivity contribution is 0.0491. The fourth-order valence-electron chi connectivity index (χ4n) is 2.61. The lowest BCUT2D eigenvalue weighted by atomic mass is 10.1. The van der Waals surface area contributed by atoms with Crippen LogP contribution in [0.25, 0.3) is 0 Å². The van der Waals surface area contributed by atoms with Crippen LogP contribution in [0.4, 0.5) is 14.0 Å². The van der Waals surface area contributed by atoms with Crippen LogP contribution in [0.15, 0.2) is 30.3 Å². The van der Waals surface area contributed by atoms with E-state index in [2.05, 4.69) is 5.32 Å². The fourth-order valence-corrected chi connectivity index (χ4v) is 2.61. The molecule has 1 aliphatic rings. The van der Waals surface area contributed by atoms with Crippen molar-refractivity contribution >= 4 is 12.2 Å². The Morgan fingerprint density at radius 3 is 2.52 bits per heavy atom. The van der Waals surface area contributed by atoms with Gasteiger partial charge in [0.05, 0.1) is 12.7 Å². The van der Waals surface area contributed by atoms with Gasteiger partial charge in [-0.25, -0.2) is 9.59 Å². The van der Waals surface area contributed by atoms with Crippen LogP contribution < -0.4 is 5.32 Å². The van der Waals surface area contributed by atoms with E-state index in [4.69, 9.17) is 9.47 Å². The molecule has 0 radical (unpaired) electrons. The number of nitrogens with one attached hydrogen (secondary N) is 1. The smallest absolute Gasteiger partial charge is 0.410 e. The molecule has 1 aromatic rings. The van der Waals surface area contributed by atoms with E-state index in [1.807, 2.05) is 30.3 Å². The molecule has 2 atom stereocenters. The Hall–Kier alpha value is -2.31. The summed E-state index contributed by atoms with van der Waals surface area (Å²) in [6.07, 6.45) is -1.13. The third-order valence-electron chi connectivity index (χ3n) is 3.80. The van der Waals surface area contributed by atoms with Gasteiger partial charge in [0.1, 0.15) is 12.2 Å². The maximum absolute atomic E-state index is 13.3. The number of hydrogen-bond donors (Lipinski definition) is 1. The predicted molar refractivity (Wildman–Crippen MR) is 90.8 cm³/mol. The minimum absolute atomic E-state index is 0.153. The minimum Gasteiger partial charge on any atom is -0.445 e. The lowest BCUT2D eigenvalue weighted by Crippen LogP contribution is -2.44. The zero-order chi connectivity index (χ0) is 18.4. The largest absolute Gasteiger partial charge is 0.445 e. The van der Waals surface area contributed by atoms with Crippen molar-refractivity contribution in [1.29, 1.82) is 0 Å². The number of alkyl carbamates (subject to hydrolysis) is 1. The molecule has 2 amide bonds. The van der Waals surface area contributed by atoms with Crippen LogP contribution in [0.5, 0.6) is 0 Å². The van der Waals surface area contributed by atoms with Crippen molar-refractivity contribution in [3.63, 3.8) is 0 Å². The second-order valence-corrected chi connectivity index (χ2v) is 7.11. The first-order valence-corrected chi connectivity index (χ1v) is 8.29. The summed E-state index contributed by atoms with van der Waals surface area (Å²) in [4.78, 5) is 25.5. The number of carbonyl (C=O) groups is 2. The van der Waals surface area contributed by atoms with E-state index in [1.54, 1.807) is 20.8 Å². The van der Waals surface area contributed by atoms with Crippen LogP contribution in [0.2, 0.25) is 0 Å². The van der Waals surface area contributed by atoms with E-state index in [0.717, 1.165) is 5.56 Å². The number of halogens is 1. The van der Waals surface area contributed by atoms with Crippen LogP contribution in [0, 0.1) is 5.92 Å². The van der Waals surface area contributed by atoms with Gasteiger partial charge in [-0.3, -0.25) is 4.39 Å². The molecule has 7 heteroatoms. The van der Waals surface area contributed by atoms with Gasteiger partial charge in [0.2, 0.25) is 0 Å². The number of nitrogens with zero attached hydrogens (tertiary/aromatic N) is 1. The van der Waals surface area contributed by atoms with Crippen LogP contribution >= 0.6 is 0 Å². The summed E-state index contributed by atoms with van der Waals surface area (Å²) in [5, 5.41) is 2.64. The molecule has 0 bridgehead atoms. The zero-order valence-corrected chi connectivity index (χ0v) is 14.8. The standard InChI is InChI=1S/C18H25FN2O4/c1-18(2,3)25-16(22)20-15-11-21(10-14(15)9-19)17(23)24-12-13-7-5-4-6-8-13/h4-8,14-15H,9-12H2,1-3H3,(H,20,22)/t14-,15-/m1/s1. The highest BCUT2D eigenvalue weighted by molar-refractivity contribution is 5.70. The summed E-state index contributed by atoms with van der Waals surface area (Å²) in [6, 6.07) is 8.81. The van der Waals surface area contributed by atoms with Gasteiger partial charge in [-0.2, -0.15) is 0 Å². The monoisotopic (exact) mass is 352 g/mol. The SMILES string of the molecule is CC(C)(C)OC(=O)N[C@@H]1CN(C(=O)OCc2ccccc2)C[C@H]1CF. The summed E-state index contributed by atoms with van der Waals surface area (Å²) in [5.74, 6) is -0.475. The van der Waals surface area contributed by atoms with Crippen LogP contribution in [-0.4, -0.2) is 48.5 Å². The number of rotatable bonds is 4. The first kappa shape index (κ1) is 19.0. The number of benzene rings is 1. The Morgan fingerprint density at radius 1 is 1.24 bits per heavy atom. The molecule has 1 aromatic carbocycles. The van der Waals surface area contributed by atoms with Crippen molar-refractivity contribution in [2.45, 2.75) is 39.0 Å². The number of carbonyl (C=O) groups excluding carboxylic acids is 2. The molecule has 1 aliphatic heterocycles. The first-order chi connectivity index (χ1) is 11.8. The number of alkyl halides is 1. The molecule has 0 saturated carbocycles. The molecule has 0 aliphatic carbocycles. The maximum atomic E-state index is 13.3. The Labute approximate surface area is 147 Å². The maximum Gasteiger partial charge on any atom is 0.410 e. The van der Waals surface area contributed by atoms with E-state index in [1.165, 1.54) is 4.90 Å². The average molecular weight is 352 g/mol. The van der Waals surface area contributed by atoms with Crippen molar-refractivity contribution in [1.82, 2.24) is 10.2 Å². The summed E-state index contributed by atoms with van der Waals surface area (Å²) < 4.78 is 23.7. The quantitative estimate of drug-likeness (QED) is 0.904. The van der Waals surface area contributed by atoms with Crippen molar-refractivity contribution in [3.05, 3.63) is 35.9 Å². The topological polar surface area (TPSA) is 67.9 Å². The predicted octanol–water partition coefficient (Wildman–Crippen LogP) is 3.12. The number of ether oxygens (including phenoxy) is 2. The van der Waals surface area contributed by atoms with Crippen molar-refractivity contribution in [3.8, 4) is 0 Å². The Kier molecular flexibility index (Phi) is 6.22. The van der Waals surface area contributed by atoms with E-state index in [9.17, 15) is 14.0 Å². The molecule has 1 N–H and O–H groups in total. The number of amides is 2. The highest BCUT2D eigenvalue weighted by Gasteiger charge is 2.37. The van der Waals surface area contributed by atoms with E-state index < -0.39 is 36.4 Å². The van der Waals surface area contributed by atoms with Crippen molar-refractivity contribution in [2.24, 2.45) is 5.92 Å². The van der Waals surface area contributed by atoms with Crippen LogP contribution in [0.3, 0.4) is 0 Å². The normalized spacial score (nSPS) is 20.2. The molecule has 1 heterocycles. The lowest BCUT2D eigenvalue weighted by Gasteiger charge is -2.23. The average Bonchev–Trinajstić information content (AvgIpc) is 2.94. The van der Waals surface area contributed by atoms with E-state index in [-0.39, 0.29) is 19.7 Å². The Balaban J connectivity index is 1.87. The van der Waals surface area contributed by atoms with Gasteiger partial charge < -0.3 is 19.7 Å². The molecule has 1 saturated heterocycles. The Morgan fingerprint density at radius 2 is 1.92 bits per heavy atom. The van der Waals surface area contributed by atoms with Gasteiger partial charge in [-0.05, 0) is 26.3 Å². The highest BCUT2D eigenvalue weighted by Crippen LogP contribution is 2.20. The van der Waals surface area contributed by atoms with Gasteiger partial charge in [-0.15, -0.1) is 0 Å². The first-order valence-electron chi connectivity index (χ1n) is 8.29. The second-order valence-electron chi connectivity index (χ2n) is 7.11. The number of hydrogen-bond acceptors (Lipinski definition) is 4. The molecule has 6 nitrogen and oxygen atoms in total. The minimum atomic E-state index is -0.637. The van der Waals surface area contributed by atoms with E-state index in [0.29, 0.717) is 0 Å². The van der Waals surface area contributed by atoms with Gasteiger partial charge in [0.25, 0.3) is 0 Å². The third-order valence-corrected chi connectivity index (χ3v) is 3.80. The molecule has 0 spiro atoms. The highest BCUT2D eigenvalue weighted by atomic mass is 19.1. The van der Waals surface area contributed by atoms with Crippen molar-refractivity contribution in [2.75, 3.05) is 19.8 Å². The van der Waals surface area contributed by atoms with Crippen LogP contribution in [-0.2, 0) is 16.1 Å².